The second-order valence-corrected chi connectivity index (χ2v) is 8.09. The SMILES string of the molecule is Cc1nc(-c2ccc(F)cc2)sc1C(=O)Nc1cc(Cl)ccc1N1CCOCC1. The molecule has 1 aliphatic rings. The van der Waals surface area contributed by atoms with Gasteiger partial charge in [0.2, 0.25) is 0 Å². The Morgan fingerprint density at radius 2 is 1.93 bits per heavy atom. The molecule has 1 aliphatic heterocycles. The predicted octanol–water partition coefficient (Wildman–Crippen LogP) is 5.00. The first kappa shape index (κ1) is 19.8. The van der Waals surface area contributed by atoms with E-state index in [1.165, 1.54) is 23.5 Å². The number of nitrogens with zero attached hydrogens (tertiary/aromatic N) is 2. The van der Waals surface area contributed by atoms with Gasteiger partial charge in [-0.2, -0.15) is 0 Å². The van der Waals surface area contributed by atoms with Crippen LogP contribution in [0.1, 0.15) is 15.4 Å². The van der Waals surface area contributed by atoms with Gasteiger partial charge in [0.15, 0.2) is 0 Å². The first-order valence-electron chi connectivity index (χ1n) is 9.18. The Kier molecular flexibility index (Phi) is 5.80. The molecule has 4 rings (SSSR count). The van der Waals surface area contributed by atoms with Gasteiger partial charge in [-0.3, -0.25) is 4.79 Å². The van der Waals surface area contributed by atoms with Crippen molar-refractivity contribution in [3.05, 3.63) is 63.9 Å². The Morgan fingerprint density at radius 1 is 1.21 bits per heavy atom. The number of benzene rings is 2. The lowest BCUT2D eigenvalue weighted by atomic mass is 10.2. The molecule has 8 heteroatoms. The predicted molar refractivity (Wildman–Crippen MR) is 115 cm³/mol. The van der Waals surface area contributed by atoms with Crippen molar-refractivity contribution in [3.8, 4) is 10.6 Å². The molecular weight excluding hydrogens is 413 g/mol. The Labute approximate surface area is 177 Å². The van der Waals surface area contributed by atoms with Crippen LogP contribution in [0.5, 0.6) is 0 Å². The van der Waals surface area contributed by atoms with E-state index in [0.29, 0.717) is 39.5 Å². The first-order chi connectivity index (χ1) is 14.0. The van der Waals surface area contributed by atoms with Crippen LogP contribution in [-0.4, -0.2) is 37.2 Å². The van der Waals surface area contributed by atoms with E-state index in [0.717, 1.165) is 24.3 Å². The average Bonchev–Trinajstić information content (AvgIpc) is 3.11. The van der Waals surface area contributed by atoms with Crippen LogP contribution in [-0.2, 0) is 4.74 Å². The van der Waals surface area contributed by atoms with Crippen molar-refractivity contribution in [3.63, 3.8) is 0 Å². The molecule has 2 aromatic carbocycles. The Balaban J connectivity index is 1.60. The zero-order chi connectivity index (χ0) is 20.4. The van der Waals surface area contributed by atoms with Crippen LogP contribution in [0.4, 0.5) is 15.8 Å². The van der Waals surface area contributed by atoms with Crippen LogP contribution < -0.4 is 10.2 Å². The van der Waals surface area contributed by atoms with Gasteiger partial charge >= 0.3 is 0 Å². The number of aromatic nitrogens is 1. The van der Waals surface area contributed by atoms with E-state index in [4.69, 9.17) is 16.3 Å². The summed E-state index contributed by atoms with van der Waals surface area (Å²) < 4.78 is 18.6. The van der Waals surface area contributed by atoms with E-state index in [9.17, 15) is 9.18 Å². The van der Waals surface area contributed by atoms with E-state index in [1.807, 2.05) is 12.1 Å². The number of amides is 1. The molecule has 0 unspecified atom stereocenters. The normalized spacial score (nSPS) is 14.1. The van der Waals surface area contributed by atoms with Gasteiger partial charge in [0.25, 0.3) is 5.91 Å². The summed E-state index contributed by atoms with van der Waals surface area (Å²) in [5.41, 5.74) is 2.96. The lowest BCUT2D eigenvalue weighted by molar-refractivity contribution is 0.103. The minimum atomic E-state index is -0.309. The number of aryl methyl sites for hydroxylation is 1. The van der Waals surface area contributed by atoms with Crippen LogP contribution in [0, 0.1) is 12.7 Å². The number of hydrogen-bond donors (Lipinski definition) is 1. The third-order valence-corrected chi connectivity index (χ3v) is 6.09. The van der Waals surface area contributed by atoms with Crippen molar-refractivity contribution >= 4 is 40.2 Å². The average molecular weight is 432 g/mol. The minimum Gasteiger partial charge on any atom is -0.378 e. The number of carbonyl (C=O) groups is 1. The molecule has 1 aromatic heterocycles. The maximum atomic E-state index is 13.2. The van der Waals surface area contributed by atoms with Gasteiger partial charge in [-0.05, 0) is 49.4 Å². The molecule has 0 bridgehead atoms. The van der Waals surface area contributed by atoms with Crippen molar-refractivity contribution in [1.29, 1.82) is 0 Å². The lowest BCUT2D eigenvalue weighted by Gasteiger charge is -2.30. The van der Waals surface area contributed by atoms with E-state index in [-0.39, 0.29) is 11.7 Å². The molecule has 1 amide bonds. The second kappa shape index (κ2) is 8.49. The third-order valence-electron chi connectivity index (χ3n) is 4.65. The summed E-state index contributed by atoms with van der Waals surface area (Å²) in [6, 6.07) is 11.5. The van der Waals surface area contributed by atoms with Crippen molar-refractivity contribution in [2.24, 2.45) is 0 Å². The van der Waals surface area contributed by atoms with Crippen LogP contribution in [0.15, 0.2) is 42.5 Å². The van der Waals surface area contributed by atoms with E-state index in [2.05, 4.69) is 15.2 Å². The minimum absolute atomic E-state index is 0.245. The van der Waals surface area contributed by atoms with Gasteiger partial charge in [0.05, 0.1) is 30.3 Å². The fourth-order valence-electron chi connectivity index (χ4n) is 3.19. The molecule has 0 atom stereocenters. The Hall–Kier alpha value is -2.48. The number of thiazole rings is 1. The zero-order valence-electron chi connectivity index (χ0n) is 15.7. The van der Waals surface area contributed by atoms with Gasteiger partial charge in [-0.1, -0.05) is 11.6 Å². The monoisotopic (exact) mass is 431 g/mol. The summed E-state index contributed by atoms with van der Waals surface area (Å²) in [5, 5.41) is 4.20. The summed E-state index contributed by atoms with van der Waals surface area (Å²) in [6.45, 7) is 4.58. The molecule has 0 saturated carbocycles. The summed E-state index contributed by atoms with van der Waals surface area (Å²) >= 11 is 7.46. The molecule has 1 saturated heterocycles. The highest BCUT2D eigenvalue weighted by molar-refractivity contribution is 7.17. The molecular formula is C21H19ClFN3O2S. The van der Waals surface area contributed by atoms with Gasteiger partial charge in [-0.25, -0.2) is 9.37 Å². The highest BCUT2D eigenvalue weighted by Gasteiger charge is 2.20. The van der Waals surface area contributed by atoms with Gasteiger partial charge in [0.1, 0.15) is 15.7 Å². The number of hydrogen-bond acceptors (Lipinski definition) is 5. The van der Waals surface area contributed by atoms with Gasteiger partial charge in [0, 0.05) is 23.7 Å². The van der Waals surface area contributed by atoms with E-state index in [1.54, 1.807) is 25.1 Å². The molecule has 150 valence electrons. The summed E-state index contributed by atoms with van der Waals surface area (Å²) in [7, 11) is 0. The summed E-state index contributed by atoms with van der Waals surface area (Å²) in [6.07, 6.45) is 0. The molecule has 0 radical (unpaired) electrons. The highest BCUT2D eigenvalue weighted by Crippen LogP contribution is 2.32. The van der Waals surface area contributed by atoms with Crippen molar-refractivity contribution in [2.45, 2.75) is 6.92 Å². The fraction of sp³-hybridized carbons (Fsp3) is 0.238. The number of nitrogens with one attached hydrogen (secondary N) is 1. The molecule has 3 aromatic rings. The maximum Gasteiger partial charge on any atom is 0.267 e. The number of ether oxygens (including phenoxy) is 1. The molecule has 0 spiro atoms. The molecule has 29 heavy (non-hydrogen) atoms. The molecule has 1 N–H and O–H groups in total. The maximum absolute atomic E-state index is 13.2. The van der Waals surface area contributed by atoms with Gasteiger partial charge in [-0.15, -0.1) is 11.3 Å². The Bertz CT molecular complexity index is 1030. The number of halogens is 2. The largest absolute Gasteiger partial charge is 0.378 e. The fourth-order valence-corrected chi connectivity index (χ4v) is 4.33. The van der Waals surface area contributed by atoms with E-state index >= 15 is 0 Å². The van der Waals surface area contributed by atoms with Gasteiger partial charge < -0.3 is 15.0 Å². The molecule has 0 aliphatic carbocycles. The highest BCUT2D eigenvalue weighted by atomic mass is 35.5. The summed E-state index contributed by atoms with van der Waals surface area (Å²) in [4.78, 5) is 20.2. The number of carbonyl (C=O) groups excluding carboxylic acids is 1. The molecule has 2 heterocycles. The molecule has 5 nitrogen and oxygen atoms in total. The summed E-state index contributed by atoms with van der Waals surface area (Å²) in [5.74, 6) is -0.554. The number of rotatable bonds is 4. The third kappa shape index (κ3) is 4.42. The zero-order valence-corrected chi connectivity index (χ0v) is 17.3. The number of anilines is 2. The lowest BCUT2D eigenvalue weighted by Crippen LogP contribution is -2.36. The second-order valence-electron chi connectivity index (χ2n) is 6.66. The van der Waals surface area contributed by atoms with Crippen LogP contribution in [0.2, 0.25) is 5.02 Å². The molecule has 1 fully saturated rings. The smallest absolute Gasteiger partial charge is 0.267 e. The van der Waals surface area contributed by atoms with Crippen molar-refractivity contribution in [1.82, 2.24) is 4.98 Å². The van der Waals surface area contributed by atoms with Crippen LogP contribution >= 0.6 is 22.9 Å². The van der Waals surface area contributed by atoms with Crippen LogP contribution in [0.25, 0.3) is 10.6 Å². The first-order valence-corrected chi connectivity index (χ1v) is 10.4. The van der Waals surface area contributed by atoms with Crippen molar-refractivity contribution < 1.29 is 13.9 Å². The van der Waals surface area contributed by atoms with Crippen LogP contribution in [0.3, 0.4) is 0 Å². The van der Waals surface area contributed by atoms with Crippen molar-refractivity contribution in [2.75, 3.05) is 36.5 Å². The topological polar surface area (TPSA) is 54.5 Å². The van der Waals surface area contributed by atoms with E-state index < -0.39 is 0 Å². The number of morpholine rings is 1. The standard InChI is InChI=1S/C21H19ClFN3O2S/c1-13-19(29-21(24-13)14-2-5-16(23)6-3-14)20(27)25-17-12-15(22)4-7-18(17)26-8-10-28-11-9-26/h2-7,12H,8-11H2,1H3,(H,25,27). The Morgan fingerprint density at radius 3 is 2.66 bits per heavy atom. The quantitative estimate of drug-likeness (QED) is 0.631.